The zero-order chi connectivity index (χ0) is 18.8. The number of amides is 1. The van der Waals surface area contributed by atoms with Gasteiger partial charge in [0.25, 0.3) is 5.91 Å². The van der Waals surface area contributed by atoms with Gasteiger partial charge in [0.05, 0.1) is 12.2 Å². The molecule has 6 heteroatoms. The second kappa shape index (κ2) is 10.5. The molecular formula is C20H23FN2O2S. The number of anilines is 1. The Labute approximate surface area is 158 Å². The van der Waals surface area contributed by atoms with Crippen LogP contribution in [0.2, 0.25) is 0 Å². The van der Waals surface area contributed by atoms with Gasteiger partial charge in [-0.3, -0.25) is 10.1 Å². The van der Waals surface area contributed by atoms with Crippen LogP contribution in [-0.4, -0.2) is 17.6 Å². The van der Waals surface area contributed by atoms with Crippen LogP contribution in [-0.2, 0) is 0 Å². The third-order valence-electron chi connectivity index (χ3n) is 3.72. The normalized spacial score (nSPS) is 10.2. The summed E-state index contributed by atoms with van der Waals surface area (Å²) in [4.78, 5) is 12.5. The summed E-state index contributed by atoms with van der Waals surface area (Å²) in [5.41, 5.74) is 1.02. The van der Waals surface area contributed by atoms with Crippen LogP contribution in [0.15, 0.2) is 48.5 Å². The number of halogens is 1. The molecule has 0 unspecified atom stereocenters. The van der Waals surface area contributed by atoms with Crippen LogP contribution in [0.25, 0.3) is 0 Å². The molecular weight excluding hydrogens is 351 g/mol. The Morgan fingerprint density at radius 2 is 1.81 bits per heavy atom. The lowest BCUT2D eigenvalue weighted by atomic mass is 10.2. The van der Waals surface area contributed by atoms with Gasteiger partial charge < -0.3 is 10.1 Å². The molecule has 0 radical (unpaired) electrons. The Morgan fingerprint density at radius 1 is 1.08 bits per heavy atom. The van der Waals surface area contributed by atoms with E-state index < -0.39 is 0 Å². The minimum Gasteiger partial charge on any atom is -0.493 e. The number of rotatable bonds is 8. The fraction of sp³-hybridized carbons (Fsp3) is 0.300. The Kier molecular flexibility index (Phi) is 8.02. The highest BCUT2D eigenvalue weighted by atomic mass is 32.1. The molecule has 0 saturated carbocycles. The summed E-state index contributed by atoms with van der Waals surface area (Å²) in [5.74, 6) is -0.157. The van der Waals surface area contributed by atoms with E-state index in [1.807, 2.05) is 6.07 Å². The van der Waals surface area contributed by atoms with Crippen molar-refractivity contribution in [3.8, 4) is 5.75 Å². The SMILES string of the molecule is CCCCCCOc1ccccc1C(=O)NC(=S)Nc1ccc(F)cc1. The molecule has 0 aliphatic carbocycles. The third kappa shape index (κ3) is 6.44. The molecule has 2 aromatic carbocycles. The lowest BCUT2D eigenvalue weighted by Crippen LogP contribution is -2.34. The lowest BCUT2D eigenvalue weighted by molar-refractivity contribution is 0.0973. The van der Waals surface area contributed by atoms with Gasteiger partial charge in [0.15, 0.2) is 5.11 Å². The van der Waals surface area contributed by atoms with Gasteiger partial charge in [-0.05, 0) is 55.0 Å². The number of hydrogen-bond acceptors (Lipinski definition) is 3. The minimum atomic E-state index is -0.353. The van der Waals surface area contributed by atoms with Gasteiger partial charge in [0.1, 0.15) is 11.6 Å². The molecule has 4 nitrogen and oxygen atoms in total. The van der Waals surface area contributed by atoms with Gasteiger partial charge in [-0.1, -0.05) is 38.3 Å². The Morgan fingerprint density at radius 3 is 2.54 bits per heavy atom. The van der Waals surface area contributed by atoms with Crippen LogP contribution in [0.1, 0.15) is 43.0 Å². The Hall–Kier alpha value is -2.47. The maximum Gasteiger partial charge on any atom is 0.261 e. The number of carbonyl (C=O) groups is 1. The maximum atomic E-state index is 12.9. The van der Waals surface area contributed by atoms with E-state index in [1.165, 1.54) is 18.6 Å². The van der Waals surface area contributed by atoms with Crippen molar-refractivity contribution in [3.63, 3.8) is 0 Å². The molecule has 0 bridgehead atoms. The van der Waals surface area contributed by atoms with E-state index in [0.717, 1.165) is 19.3 Å². The van der Waals surface area contributed by atoms with E-state index in [1.54, 1.807) is 30.3 Å². The van der Waals surface area contributed by atoms with Crippen molar-refractivity contribution in [3.05, 3.63) is 59.9 Å². The van der Waals surface area contributed by atoms with Gasteiger partial charge in [0, 0.05) is 5.69 Å². The van der Waals surface area contributed by atoms with Crippen molar-refractivity contribution >= 4 is 28.9 Å². The molecule has 0 heterocycles. The van der Waals surface area contributed by atoms with Gasteiger partial charge in [-0.15, -0.1) is 0 Å². The molecule has 0 aliphatic heterocycles. The summed E-state index contributed by atoms with van der Waals surface area (Å²) >= 11 is 5.15. The monoisotopic (exact) mass is 374 g/mol. The van der Waals surface area contributed by atoms with Crippen LogP contribution < -0.4 is 15.4 Å². The zero-order valence-corrected chi connectivity index (χ0v) is 15.6. The second-order valence-corrected chi connectivity index (χ2v) is 6.23. The number of unbranched alkanes of at least 4 members (excludes halogenated alkanes) is 3. The highest BCUT2D eigenvalue weighted by Crippen LogP contribution is 2.18. The predicted octanol–water partition coefficient (Wildman–Crippen LogP) is 4.91. The summed E-state index contributed by atoms with van der Waals surface area (Å²) in [5, 5.41) is 5.60. The lowest BCUT2D eigenvalue weighted by Gasteiger charge is -2.13. The summed E-state index contributed by atoms with van der Waals surface area (Å²) in [6.07, 6.45) is 4.40. The number of ether oxygens (including phenoxy) is 1. The minimum absolute atomic E-state index is 0.138. The van der Waals surface area contributed by atoms with Crippen LogP contribution >= 0.6 is 12.2 Å². The molecule has 2 N–H and O–H groups in total. The van der Waals surface area contributed by atoms with Gasteiger partial charge >= 0.3 is 0 Å². The molecule has 26 heavy (non-hydrogen) atoms. The van der Waals surface area contributed by atoms with Crippen LogP contribution in [0.3, 0.4) is 0 Å². The zero-order valence-electron chi connectivity index (χ0n) is 14.8. The van der Waals surface area contributed by atoms with E-state index in [-0.39, 0.29) is 16.8 Å². The van der Waals surface area contributed by atoms with Gasteiger partial charge in [0.2, 0.25) is 0 Å². The number of thiocarbonyl (C=S) groups is 1. The van der Waals surface area contributed by atoms with Crippen molar-refractivity contribution in [2.75, 3.05) is 11.9 Å². The van der Waals surface area contributed by atoms with Gasteiger partial charge in [-0.2, -0.15) is 0 Å². The average molecular weight is 374 g/mol. The van der Waals surface area contributed by atoms with E-state index in [2.05, 4.69) is 17.6 Å². The van der Waals surface area contributed by atoms with Crippen LogP contribution in [0.4, 0.5) is 10.1 Å². The first kappa shape index (κ1) is 19.8. The van der Waals surface area contributed by atoms with Crippen LogP contribution in [0.5, 0.6) is 5.75 Å². The third-order valence-corrected chi connectivity index (χ3v) is 3.92. The van der Waals surface area contributed by atoms with Crippen molar-refractivity contribution in [1.29, 1.82) is 0 Å². The Bertz CT molecular complexity index is 735. The largest absolute Gasteiger partial charge is 0.493 e. The number of hydrogen-bond donors (Lipinski definition) is 2. The number of para-hydroxylation sites is 1. The van der Waals surface area contributed by atoms with Crippen molar-refractivity contribution in [2.24, 2.45) is 0 Å². The van der Waals surface area contributed by atoms with E-state index in [4.69, 9.17) is 17.0 Å². The molecule has 138 valence electrons. The smallest absolute Gasteiger partial charge is 0.261 e. The second-order valence-electron chi connectivity index (χ2n) is 5.82. The molecule has 2 rings (SSSR count). The van der Waals surface area contributed by atoms with Crippen molar-refractivity contribution in [2.45, 2.75) is 32.6 Å². The number of nitrogens with one attached hydrogen (secondary N) is 2. The predicted molar refractivity (Wildman–Crippen MR) is 106 cm³/mol. The number of benzene rings is 2. The Balaban J connectivity index is 1.91. The van der Waals surface area contributed by atoms with E-state index >= 15 is 0 Å². The first-order valence-corrected chi connectivity index (χ1v) is 9.10. The van der Waals surface area contributed by atoms with E-state index in [9.17, 15) is 9.18 Å². The molecule has 0 spiro atoms. The summed E-state index contributed by atoms with van der Waals surface area (Å²) in [7, 11) is 0. The molecule has 0 aromatic heterocycles. The van der Waals surface area contributed by atoms with Crippen molar-refractivity contribution < 1.29 is 13.9 Å². The molecule has 1 amide bonds. The summed E-state index contributed by atoms with van der Waals surface area (Å²) in [6, 6.07) is 12.8. The molecule has 0 fully saturated rings. The summed E-state index contributed by atoms with van der Waals surface area (Å²) in [6.45, 7) is 2.73. The van der Waals surface area contributed by atoms with Crippen molar-refractivity contribution in [1.82, 2.24) is 5.32 Å². The fourth-order valence-electron chi connectivity index (χ4n) is 2.36. The number of carbonyl (C=O) groups excluding carboxylic acids is 1. The topological polar surface area (TPSA) is 50.4 Å². The molecule has 0 saturated heterocycles. The summed E-state index contributed by atoms with van der Waals surface area (Å²) < 4.78 is 18.7. The quantitative estimate of drug-likeness (QED) is 0.509. The molecule has 0 atom stereocenters. The average Bonchev–Trinajstić information content (AvgIpc) is 2.63. The van der Waals surface area contributed by atoms with Gasteiger partial charge in [-0.25, -0.2) is 4.39 Å². The van der Waals surface area contributed by atoms with Crippen LogP contribution in [0, 0.1) is 5.82 Å². The highest BCUT2D eigenvalue weighted by Gasteiger charge is 2.13. The fourth-order valence-corrected chi connectivity index (χ4v) is 2.57. The standard InChI is InChI=1S/C20H23FN2O2S/c1-2-3-4-7-14-25-18-9-6-5-8-17(18)19(24)23-20(26)22-16-12-10-15(21)11-13-16/h5-6,8-13H,2-4,7,14H2,1H3,(H2,22,23,24,26). The first-order valence-electron chi connectivity index (χ1n) is 8.70. The first-order chi connectivity index (χ1) is 12.6. The molecule has 2 aromatic rings. The molecule has 0 aliphatic rings. The maximum absolute atomic E-state index is 12.9. The highest BCUT2D eigenvalue weighted by molar-refractivity contribution is 7.80. The van der Waals surface area contributed by atoms with E-state index in [0.29, 0.717) is 23.6 Å².